The van der Waals surface area contributed by atoms with Crippen LogP contribution < -0.4 is 10.2 Å². The molecule has 1 saturated heterocycles. The maximum Gasteiger partial charge on any atom is 0.244 e. The molecule has 150 valence electrons. The molecule has 2 aliphatic rings. The Labute approximate surface area is 159 Å². The van der Waals surface area contributed by atoms with Gasteiger partial charge in [0.05, 0.1) is 15.7 Å². The number of benzene rings is 1. The van der Waals surface area contributed by atoms with E-state index < -0.39 is 20.5 Å². The average Bonchev–Trinajstić information content (AvgIpc) is 2.69. The number of amides is 1. The van der Waals surface area contributed by atoms with Crippen molar-refractivity contribution in [3.8, 4) is 5.75 Å². The fourth-order valence-corrected chi connectivity index (χ4v) is 5.96. The van der Waals surface area contributed by atoms with Crippen molar-refractivity contribution in [2.24, 2.45) is 0 Å². The van der Waals surface area contributed by atoms with Crippen molar-refractivity contribution >= 4 is 15.7 Å². The predicted octanol–water partition coefficient (Wildman–Crippen LogP) is 2.62. The largest absolute Gasteiger partial charge is 0.490 e. The summed E-state index contributed by atoms with van der Waals surface area (Å²) in [6.07, 6.45) is 5.94. The topological polar surface area (TPSA) is 102 Å². The van der Waals surface area contributed by atoms with E-state index in [-0.39, 0.29) is 43.5 Å². The Morgan fingerprint density at radius 3 is 2.37 bits per heavy atom. The molecule has 1 aromatic rings. The maximum atomic E-state index is 13.3. The van der Waals surface area contributed by atoms with Gasteiger partial charge in [-0.1, -0.05) is 6.42 Å². The van der Waals surface area contributed by atoms with E-state index in [1.54, 1.807) is 29.7 Å². The van der Waals surface area contributed by atoms with Gasteiger partial charge in [-0.3, -0.25) is 10.0 Å². The van der Waals surface area contributed by atoms with E-state index in [2.05, 4.69) is 0 Å². The second-order valence-corrected chi connectivity index (χ2v) is 9.70. The van der Waals surface area contributed by atoms with E-state index in [4.69, 9.17) is 14.7 Å². The lowest BCUT2D eigenvalue weighted by molar-refractivity contribution is -0.130. The molecule has 8 heteroatoms. The Hall–Kier alpha value is -1.64. The van der Waals surface area contributed by atoms with Gasteiger partial charge >= 0.3 is 0 Å². The molecule has 0 atom stereocenters. The minimum Gasteiger partial charge on any atom is -0.490 e. The Morgan fingerprint density at radius 1 is 1.15 bits per heavy atom. The van der Waals surface area contributed by atoms with Crippen LogP contribution in [0, 0.1) is 0 Å². The number of hydrogen-bond donors (Lipinski definition) is 2. The van der Waals surface area contributed by atoms with Crippen LogP contribution in [0.5, 0.6) is 5.75 Å². The van der Waals surface area contributed by atoms with Gasteiger partial charge in [0.15, 0.2) is 9.84 Å². The minimum absolute atomic E-state index is 0.158. The highest BCUT2D eigenvalue weighted by atomic mass is 32.2. The number of sulfone groups is 1. The summed E-state index contributed by atoms with van der Waals surface area (Å²) >= 11 is 0. The van der Waals surface area contributed by atoms with E-state index in [0.29, 0.717) is 5.75 Å². The first-order chi connectivity index (χ1) is 13.0. The number of hydrogen-bond acceptors (Lipinski definition) is 6. The molecule has 1 saturated carbocycles. The van der Waals surface area contributed by atoms with Crippen LogP contribution >= 0.6 is 0 Å². The van der Waals surface area contributed by atoms with E-state index >= 15 is 0 Å². The van der Waals surface area contributed by atoms with E-state index in [1.165, 1.54) is 6.42 Å². The van der Waals surface area contributed by atoms with Crippen LogP contribution in [0.2, 0.25) is 0 Å². The Bertz CT molecular complexity index is 734. The van der Waals surface area contributed by atoms with Crippen LogP contribution in [0.4, 0.5) is 0 Å². The fourth-order valence-electron chi connectivity index (χ4n) is 3.94. The van der Waals surface area contributed by atoms with Gasteiger partial charge in [0.2, 0.25) is 5.91 Å². The highest BCUT2D eigenvalue weighted by Crippen LogP contribution is 2.38. The highest BCUT2D eigenvalue weighted by molar-refractivity contribution is 7.92. The molecule has 1 amide bonds. The summed E-state index contributed by atoms with van der Waals surface area (Å²) < 4.78 is 36.6. The molecule has 0 aromatic heterocycles. The number of carbonyl (C=O) groups is 1. The number of rotatable bonds is 6. The molecule has 7 nitrogen and oxygen atoms in total. The van der Waals surface area contributed by atoms with Gasteiger partial charge < -0.3 is 9.47 Å². The molecule has 1 aromatic carbocycles. The van der Waals surface area contributed by atoms with Crippen LogP contribution in [-0.4, -0.2) is 43.6 Å². The van der Waals surface area contributed by atoms with Crippen LogP contribution in [0.1, 0.15) is 51.4 Å². The van der Waals surface area contributed by atoms with Crippen LogP contribution in [0.15, 0.2) is 29.2 Å². The van der Waals surface area contributed by atoms with Gasteiger partial charge in [-0.2, -0.15) is 0 Å². The summed E-state index contributed by atoms with van der Waals surface area (Å²) in [6, 6.07) is 6.45. The zero-order valence-corrected chi connectivity index (χ0v) is 16.2. The Balaban J connectivity index is 1.80. The summed E-state index contributed by atoms with van der Waals surface area (Å²) in [6.45, 7) is 0.529. The lowest BCUT2D eigenvalue weighted by Gasteiger charge is -2.35. The standard InChI is InChI=1S/C19H27NO6S/c21-18(20-22)14-19(10-12-25-13-11-19)27(23,24)17-8-6-16(7-9-17)26-15-4-2-1-3-5-15/h6-9,15,22H,1-5,10-14H2,(H,20,21). The summed E-state index contributed by atoms with van der Waals surface area (Å²) in [5.41, 5.74) is 1.55. The third-order valence-corrected chi connectivity index (χ3v) is 8.16. The number of hydroxylamine groups is 1. The van der Waals surface area contributed by atoms with Crippen molar-refractivity contribution in [2.45, 2.75) is 67.1 Å². The SMILES string of the molecule is O=C(CC1(S(=O)(=O)c2ccc(OC3CCCCC3)cc2)CCOCC1)NO. The second kappa shape index (κ2) is 8.58. The van der Waals surface area contributed by atoms with Gasteiger partial charge in [-0.15, -0.1) is 0 Å². The number of carbonyl (C=O) groups excluding carboxylic acids is 1. The quantitative estimate of drug-likeness (QED) is 0.565. The van der Waals surface area contributed by atoms with Crippen molar-refractivity contribution < 1.29 is 27.9 Å². The first kappa shape index (κ1) is 20.1. The molecule has 1 aliphatic carbocycles. The normalized spacial score (nSPS) is 20.8. The third-order valence-electron chi connectivity index (χ3n) is 5.57. The average molecular weight is 397 g/mol. The molecule has 3 rings (SSSR count). The smallest absolute Gasteiger partial charge is 0.244 e. The molecule has 0 spiro atoms. The third kappa shape index (κ3) is 4.44. The fraction of sp³-hybridized carbons (Fsp3) is 0.632. The molecular weight excluding hydrogens is 370 g/mol. The van der Waals surface area contributed by atoms with Crippen molar-refractivity contribution in [3.05, 3.63) is 24.3 Å². The Morgan fingerprint density at radius 2 is 1.78 bits per heavy atom. The molecule has 2 fully saturated rings. The van der Waals surface area contributed by atoms with Crippen LogP contribution in [0.25, 0.3) is 0 Å². The van der Waals surface area contributed by atoms with Crippen molar-refractivity contribution in [1.29, 1.82) is 0 Å². The van der Waals surface area contributed by atoms with Crippen LogP contribution in [-0.2, 0) is 19.4 Å². The second-order valence-electron chi connectivity index (χ2n) is 7.36. The molecule has 2 N–H and O–H groups in total. The molecular formula is C19H27NO6S. The van der Waals surface area contributed by atoms with Gasteiger partial charge in [-0.25, -0.2) is 13.9 Å². The van der Waals surface area contributed by atoms with E-state index in [0.717, 1.165) is 25.7 Å². The highest BCUT2D eigenvalue weighted by Gasteiger charge is 2.47. The predicted molar refractivity (Wildman–Crippen MR) is 98.5 cm³/mol. The minimum atomic E-state index is -3.79. The number of ether oxygens (including phenoxy) is 2. The first-order valence-corrected chi connectivity index (χ1v) is 11.0. The van der Waals surface area contributed by atoms with Crippen molar-refractivity contribution in [2.75, 3.05) is 13.2 Å². The lowest BCUT2D eigenvalue weighted by atomic mass is 9.95. The van der Waals surface area contributed by atoms with Gasteiger partial charge in [-0.05, 0) is 62.8 Å². The molecule has 0 bridgehead atoms. The molecule has 1 aliphatic heterocycles. The Kier molecular flexibility index (Phi) is 6.39. The van der Waals surface area contributed by atoms with Crippen molar-refractivity contribution in [1.82, 2.24) is 5.48 Å². The van der Waals surface area contributed by atoms with Gasteiger partial charge in [0, 0.05) is 19.6 Å². The van der Waals surface area contributed by atoms with Crippen molar-refractivity contribution in [3.63, 3.8) is 0 Å². The van der Waals surface area contributed by atoms with Gasteiger partial charge in [0.1, 0.15) is 5.75 Å². The van der Waals surface area contributed by atoms with Crippen LogP contribution in [0.3, 0.4) is 0 Å². The van der Waals surface area contributed by atoms with E-state index in [9.17, 15) is 13.2 Å². The zero-order valence-electron chi connectivity index (χ0n) is 15.4. The lowest BCUT2D eigenvalue weighted by Crippen LogP contribution is -2.47. The molecule has 0 radical (unpaired) electrons. The zero-order chi connectivity index (χ0) is 19.3. The first-order valence-electron chi connectivity index (χ1n) is 9.49. The summed E-state index contributed by atoms with van der Waals surface area (Å²) in [7, 11) is -3.79. The summed E-state index contributed by atoms with van der Waals surface area (Å²) in [5.74, 6) is -0.0484. The summed E-state index contributed by atoms with van der Waals surface area (Å²) in [4.78, 5) is 11.9. The summed E-state index contributed by atoms with van der Waals surface area (Å²) in [5, 5.41) is 8.87. The molecule has 27 heavy (non-hydrogen) atoms. The number of nitrogens with one attached hydrogen (secondary N) is 1. The monoisotopic (exact) mass is 397 g/mol. The van der Waals surface area contributed by atoms with E-state index in [1.807, 2.05) is 0 Å². The maximum absolute atomic E-state index is 13.3. The van der Waals surface area contributed by atoms with Gasteiger partial charge in [0.25, 0.3) is 0 Å². The molecule has 1 heterocycles. The molecule has 0 unspecified atom stereocenters.